The number of hydrogen-bond acceptors (Lipinski definition) is 3. The average Bonchev–Trinajstić information content (AvgIpc) is 2.44. The van der Waals surface area contributed by atoms with E-state index < -0.39 is 11.5 Å². The monoisotopic (exact) mass is 272 g/mol. The number of aliphatic carboxylic acids is 1. The van der Waals surface area contributed by atoms with Gasteiger partial charge in [0, 0.05) is 18.1 Å². The van der Waals surface area contributed by atoms with E-state index in [-0.39, 0.29) is 0 Å². The number of carboxylic acid groups (broad SMARTS) is 1. The molecule has 0 aliphatic rings. The number of rotatable bonds is 5. The van der Waals surface area contributed by atoms with E-state index in [0.717, 1.165) is 16.5 Å². The zero-order valence-corrected chi connectivity index (χ0v) is 12.1. The molecule has 106 valence electrons. The molecule has 0 aliphatic carbocycles. The van der Waals surface area contributed by atoms with Crippen molar-refractivity contribution in [2.75, 3.05) is 6.54 Å². The molecule has 4 heteroatoms. The molecule has 20 heavy (non-hydrogen) atoms. The summed E-state index contributed by atoms with van der Waals surface area (Å²) in [4.78, 5) is 17.7. The van der Waals surface area contributed by atoms with Crippen molar-refractivity contribution in [3.05, 3.63) is 42.1 Å². The van der Waals surface area contributed by atoms with Gasteiger partial charge in [-0.15, -0.1) is 0 Å². The van der Waals surface area contributed by atoms with Crippen LogP contribution in [0.3, 0.4) is 0 Å². The highest BCUT2D eigenvalue weighted by molar-refractivity contribution is 5.82. The van der Waals surface area contributed by atoms with Gasteiger partial charge in [-0.25, -0.2) is 0 Å². The van der Waals surface area contributed by atoms with E-state index in [4.69, 9.17) is 0 Å². The number of aromatic nitrogens is 1. The molecule has 0 saturated carbocycles. The first kappa shape index (κ1) is 14.5. The summed E-state index contributed by atoms with van der Waals surface area (Å²) in [5.41, 5.74) is 1.15. The Balaban J connectivity index is 2.38. The largest absolute Gasteiger partial charge is 0.480 e. The van der Waals surface area contributed by atoms with E-state index in [1.54, 1.807) is 20.0 Å². The molecule has 1 aromatic carbocycles. The highest BCUT2D eigenvalue weighted by atomic mass is 16.4. The first-order valence-electron chi connectivity index (χ1n) is 6.78. The molecular formula is C16H20N2O2. The number of likely N-dealkylation sites (N-methyl/N-ethyl adjacent to an activating group) is 1. The standard InChI is InChI=1S/C16H20N2O2/c1-4-18(16(2,3)15(19)20)11-12-9-10-17-14-8-6-5-7-13(12)14/h5-10H,4,11H2,1-3H3,(H,19,20). The third-order valence-corrected chi connectivity index (χ3v) is 3.80. The summed E-state index contributed by atoms with van der Waals surface area (Å²) in [6.45, 7) is 6.73. The van der Waals surface area contributed by atoms with E-state index in [0.29, 0.717) is 13.1 Å². The third-order valence-electron chi connectivity index (χ3n) is 3.80. The van der Waals surface area contributed by atoms with Gasteiger partial charge in [-0.1, -0.05) is 25.1 Å². The summed E-state index contributed by atoms with van der Waals surface area (Å²) in [6.07, 6.45) is 1.78. The maximum Gasteiger partial charge on any atom is 0.323 e. The molecule has 0 aliphatic heterocycles. The van der Waals surface area contributed by atoms with E-state index in [2.05, 4.69) is 4.98 Å². The van der Waals surface area contributed by atoms with Crippen molar-refractivity contribution in [3.8, 4) is 0 Å². The summed E-state index contributed by atoms with van der Waals surface area (Å²) >= 11 is 0. The molecule has 1 aromatic heterocycles. The molecule has 0 fully saturated rings. The quantitative estimate of drug-likeness (QED) is 0.909. The van der Waals surface area contributed by atoms with Crippen molar-refractivity contribution in [1.82, 2.24) is 9.88 Å². The van der Waals surface area contributed by atoms with Gasteiger partial charge >= 0.3 is 5.97 Å². The molecule has 0 amide bonds. The molecular weight excluding hydrogens is 252 g/mol. The number of nitrogens with zero attached hydrogens (tertiary/aromatic N) is 2. The highest BCUT2D eigenvalue weighted by Crippen LogP contribution is 2.22. The summed E-state index contributed by atoms with van der Waals surface area (Å²) in [5.74, 6) is -0.808. The summed E-state index contributed by atoms with van der Waals surface area (Å²) in [7, 11) is 0. The Kier molecular flexibility index (Phi) is 4.04. The maximum atomic E-state index is 11.4. The second-order valence-electron chi connectivity index (χ2n) is 5.37. The van der Waals surface area contributed by atoms with E-state index in [9.17, 15) is 9.90 Å². The van der Waals surface area contributed by atoms with E-state index in [1.807, 2.05) is 42.2 Å². The van der Waals surface area contributed by atoms with Gasteiger partial charge < -0.3 is 5.11 Å². The predicted molar refractivity (Wildman–Crippen MR) is 79.5 cm³/mol. The minimum atomic E-state index is -0.890. The average molecular weight is 272 g/mol. The minimum Gasteiger partial charge on any atom is -0.480 e. The molecule has 0 spiro atoms. The van der Waals surface area contributed by atoms with Crippen LogP contribution in [0, 0.1) is 0 Å². The number of benzene rings is 1. The van der Waals surface area contributed by atoms with Gasteiger partial charge in [-0.05, 0) is 38.1 Å². The fraction of sp³-hybridized carbons (Fsp3) is 0.375. The van der Waals surface area contributed by atoms with Gasteiger partial charge in [0.15, 0.2) is 0 Å². The van der Waals surface area contributed by atoms with Crippen LogP contribution in [0.4, 0.5) is 0 Å². The lowest BCUT2D eigenvalue weighted by atomic mass is 10.0. The van der Waals surface area contributed by atoms with Crippen LogP contribution >= 0.6 is 0 Å². The van der Waals surface area contributed by atoms with E-state index in [1.165, 1.54) is 0 Å². The predicted octanol–water partition coefficient (Wildman–Crippen LogP) is 2.92. The van der Waals surface area contributed by atoms with Gasteiger partial charge in [-0.2, -0.15) is 0 Å². The van der Waals surface area contributed by atoms with Crippen molar-refractivity contribution in [3.63, 3.8) is 0 Å². The Morgan fingerprint density at radius 3 is 2.65 bits per heavy atom. The number of hydrogen-bond donors (Lipinski definition) is 1. The maximum absolute atomic E-state index is 11.4. The Labute approximate surface area is 119 Å². The molecule has 4 nitrogen and oxygen atoms in total. The molecule has 1 heterocycles. The lowest BCUT2D eigenvalue weighted by Crippen LogP contribution is -2.49. The summed E-state index contributed by atoms with van der Waals surface area (Å²) < 4.78 is 0. The van der Waals surface area contributed by atoms with Crippen LogP contribution in [0.5, 0.6) is 0 Å². The fourth-order valence-corrected chi connectivity index (χ4v) is 2.34. The van der Waals surface area contributed by atoms with Gasteiger partial charge in [0.2, 0.25) is 0 Å². The molecule has 0 atom stereocenters. The highest BCUT2D eigenvalue weighted by Gasteiger charge is 2.33. The van der Waals surface area contributed by atoms with Gasteiger partial charge in [0.25, 0.3) is 0 Å². The normalized spacial score (nSPS) is 12.0. The molecule has 2 aromatic rings. The Morgan fingerprint density at radius 2 is 2.00 bits per heavy atom. The summed E-state index contributed by atoms with van der Waals surface area (Å²) in [5, 5.41) is 10.5. The lowest BCUT2D eigenvalue weighted by Gasteiger charge is -2.34. The fourth-order valence-electron chi connectivity index (χ4n) is 2.34. The minimum absolute atomic E-state index is 0.596. The molecule has 0 radical (unpaired) electrons. The zero-order valence-electron chi connectivity index (χ0n) is 12.1. The van der Waals surface area contributed by atoms with Crippen LogP contribution in [0.25, 0.3) is 10.9 Å². The first-order chi connectivity index (χ1) is 9.46. The summed E-state index contributed by atoms with van der Waals surface area (Å²) in [6, 6.07) is 9.89. The Bertz CT molecular complexity index is 617. The zero-order chi connectivity index (χ0) is 14.8. The second kappa shape index (κ2) is 5.59. The molecule has 0 unspecified atom stereocenters. The lowest BCUT2D eigenvalue weighted by molar-refractivity contribution is -0.149. The van der Waals surface area contributed by atoms with Crippen molar-refractivity contribution in [2.24, 2.45) is 0 Å². The van der Waals surface area contributed by atoms with Gasteiger partial charge in [0.1, 0.15) is 5.54 Å². The van der Waals surface area contributed by atoms with Crippen LogP contribution in [-0.2, 0) is 11.3 Å². The number of carboxylic acids is 1. The number of pyridine rings is 1. The van der Waals surface area contributed by atoms with Crippen molar-refractivity contribution in [2.45, 2.75) is 32.9 Å². The van der Waals surface area contributed by atoms with Gasteiger partial charge in [0.05, 0.1) is 5.52 Å². The number of fused-ring (bicyclic) bond motifs is 1. The van der Waals surface area contributed by atoms with Crippen molar-refractivity contribution in [1.29, 1.82) is 0 Å². The van der Waals surface area contributed by atoms with Crippen molar-refractivity contribution < 1.29 is 9.90 Å². The van der Waals surface area contributed by atoms with Gasteiger partial charge in [-0.3, -0.25) is 14.7 Å². The molecule has 0 saturated heterocycles. The number of para-hydroxylation sites is 1. The Morgan fingerprint density at radius 1 is 1.30 bits per heavy atom. The number of carbonyl (C=O) groups is 1. The van der Waals surface area contributed by atoms with Crippen LogP contribution in [0.15, 0.2) is 36.5 Å². The van der Waals surface area contributed by atoms with Crippen LogP contribution in [0.1, 0.15) is 26.3 Å². The van der Waals surface area contributed by atoms with Crippen LogP contribution < -0.4 is 0 Å². The Hall–Kier alpha value is -1.94. The van der Waals surface area contributed by atoms with Crippen LogP contribution in [0.2, 0.25) is 0 Å². The molecule has 0 bridgehead atoms. The van der Waals surface area contributed by atoms with Crippen molar-refractivity contribution >= 4 is 16.9 Å². The smallest absolute Gasteiger partial charge is 0.323 e. The topological polar surface area (TPSA) is 53.4 Å². The molecule has 1 N–H and O–H groups in total. The SMILES string of the molecule is CCN(Cc1ccnc2ccccc12)C(C)(C)C(=O)O. The second-order valence-corrected chi connectivity index (χ2v) is 5.37. The van der Waals surface area contributed by atoms with E-state index >= 15 is 0 Å². The van der Waals surface area contributed by atoms with Crippen LogP contribution in [-0.4, -0.2) is 33.0 Å². The first-order valence-corrected chi connectivity index (χ1v) is 6.78. The molecule has 2 rings (SSSR count). The third kappa shape index (κ3) is 2.65.